The van der Waals surface area contributed by atoms with E-state index in [9.17, 15) is 19.5 Å². The van der Waals surface area contributed by atoms with Crippen LogP contribution >= 0.6 is 11.8 Å². The normalized spacial score (nSPS) is 36.8. The highest BCUT2D eigenvalue weighted by atomic mass is 32.2. The fraction of sp³-hybridized carbons (Fsp3) is 0.741. The number of fused-ring (bicyclic) bond motifs is 2. The van der Waals surface area contributed by atoms with E-state index in [4.69, 9.17) is 9.47 Å². The first-order valence-electron chi connectivity index (χ1n) is 13.5. The number of rotatable bonds is 7. The van der Waals surface area contributed by atoms with Gasteiger partial charge in [-0.25, -0.2) is 0 Å². The van der Waals surface area contributed by atoms with Gasteiger partial charge in [0.2, 0.25) is 11.8 Å². The second kappa shape index (κ2) is 10.4. The van der Waals surface area contributed by atoms with Crippen LogP contribution in [-0.2, 0) is 23.9 Å². The Morgan fingerprint density at radius 2 is 1.84 bits per heavy atom. The Balaban J connectivity index is 1.54. The number of aliphatic hydroxyl groups excluding tert-OH is 1. The molecule has 3 fully saturated rings. The highest BCUT2D eigenvalue weighted by Gasteiger charge is 2.74. The Labute approximate surface area is 223 Å². The van der Waals surface area contributed by atoms with Crippen LogP contribution in [0.2, 0.25) is 0 Å². The Bertz CT molecular complexity index is 981. The SMILES string of the molecule is CC(C)C[C@H](CO)N1C(=O)[C@@H]2[C@@H]3C(=O)OCC=C[C@]3(C)S[C@@]23C=CCN(CCN2CCOCC2)C(=O)C13. The maximum atomic E-state index is 14.4. The van der Waals surface area contributed by atoms with Crippen molar-refractivity contribution in [2.24, 2.45) is 17.8 Å². The lowest BCUT2D eigenvalue weighted by Gasteiger charge is -2.40. The first-order valence-corrected chi connectivity index (χ1v) is 14.3. The summed E-state index contributed by atoms with van der Waals surface area (Å²) in [5.74, 6) is -1.95. The van der Waals surface area contributed by atoms with Crippen LogP contribution in [-0.4, -0.2) is 118 Å². The lowest BCUT2D eigenvalue weighted by atomic mass is 9.75. The van der Waals surface area contributed by atoms with Gasteiger partial charge in [-0.05, 0) is 25.3 Å². The number of hydrogen-bond acceptors (Lipinski definition) is 8. The summed E-state index contributed by atoms with van der Waals surface area (Å²) < 4.78 is 9.37. The molecule has 0 aliphatic carbocycles. The van der Waals surface area contributed by atoms with Crippen molar-refractivity contribution in [3.05, 3.63) is 24.3 Å². The van der Waals surface area contributed by atoms with E-state index in [1.165, 1.54) is 0 Å². The van der Waals surface area contributed by atoms with E-state index < -0.39 is 39.4 Å². The molecule has 37 heavy (non-hydrogen) atoms. The molecule has 1 spiro atoms. The molecule has 10 heteroatoms. The predicted octanol–water partition coefficient (Wildman–Crippen LogP) is 0.925. The van der Waals surface area contributed by atoms with Crippen molar-refractivity contribution in [1.82, 2.24) is 14.7 Å². The van der Waals surface area contributed by atoms with Crippen molar-refractivity contribution < 1.29 is 29.0 Å². The number of likely N-dealkylation sites (tertiary alicyclic amines) is 1. The van der Waals surface area contributed by atoms with Gasteiger partial charge in [-0.2, -0.15) is 0 Å². The molecule has 0 saturated carbocycles. The van der Waals surface area contributed by atoms with Crippen molar-refractivity contribution in [1.29, 1.82) is 0 Å². The van der Waals surface area contributed by atoms with E-state index >= 15 is 0 Å². The van der Waals surface area contributed by atoms with Crippen LogP contribution in [0.25, 0.3) is 0 Å². The lowest BCUT2D eigenvalue weighted by molar-refractivity contribution is -0.153. The predicted molar refractivity (Wildman–Crippen MR) is 140 cm³/mol. The molecule has 0 aromatic heterocycles. The van der Waals surface area contributed by atoms with Crippen molar-refractivity contribution in [3.63, 3.8) is 0 Å². The highest BCUT2D eigenvalue weighted by molar-refractivity contribution is 8.02. The van der Waals surface area contributed by atoms with Crippen LogP contribution < -0.4 is 0 Å². The van der Waals surface area contributed by atoms with Gasteiger partial charge < -0.3 is 24.4 Å². The summed E-state index contributed by atoms with van der Waals surface area (Å²) in [6, 6.07) is -1.29. The summed E-state index contributed by atoms with van der Waals surface area (Å²) in [6.45, 7) is 10.8. The zero-order chi connectivity index (χ0) is 26.4. The minimum atomic E-state index is -0.910. The highest BCUT2D eigenvalue weighted by Crippen LogP contribution is 2.65. The number of hydrogen-bond donors (Lipinski definition) is 1. The van der Waals surface area contributed by atoms with E-state index in [1.54, 1.807) is 16.7 Å². The van der Waals surface area contributed by atoms with Crippen molar-refractivity contribution >= 4 is 29.5 Å². The molecular formula is C27H39N3O6S. The Kier molecular flexibility index (Phi) is 7.48. The number of esters is 1. The average Bonchev–Trinajstić information content (AvgIpc) is 3.13. The smallest absolute Gasteiger partial charge is 0.311 e. The molecule has 1 unspecified atom stereocenters. The van der Waals surface area contributed by atoms with Gasteiger partial charge >= 0.3 is 5.97 Å². The molecule has 5 aliphatic heterocycles. The molecule has 0 aromatic rings. The Morgan fingerprint density at radius 3 is 2.54 bits per heavy atom. The molecule has 0 bridgehead atoms. The van der Waals surface area contributed by atoms with Crippen LogP contribution in [0.4, 0.5) is 0 Å². The third kappa shape index (κ3) is 4.53. The topological polar surface area (TPSA) is 99.6 Å². The van der Waals surface area contributed by atoms with E-state index in [0.717, 1.165) is 19.6 Å². The number of cyclic esters (lactones) is 1. The monoisotopic (exact) mass is 533 g/mol. The zero-order valence-corrected chi connectivity index (χ0v) is 22.8. The largest absolute Gasteiger partial charge is 0.461 e. The number of carbonyl (C=O) groups is 3. The molecule has 5 rings (SSSR count). The number of ether oxygens (including phenoxy) is 2. The molecule has 5 heterocycles. The first-order chi connectivity index (χ1) is 17.7. The first kappa shape index (κ1) is 26.7. The van der Waals surface area contributed by atoms with Crippen molar-refractivity contribution in [3.8, 4) is 0 Å². The summed E-state index contributed by atoms with van der Waals surface area (Å²) in [6.07, 6.45) is 8.40. The molecule has 6 atom stereocenters. The second-order valence-corrected chi connectivity index (χ2v) is 13.2. The molecule has 5 aliphatic rings. The molecule has 0 radical (unpaired) electrons. The third-order valence-corrected chi connectivity index (χ3v) is 10.3. The minimum absolute atomic E-state index is 0.110. The van der Waals surface area contributed by atoms with Gasteiger partial charge in [0.25, 0.3) is 0 Å². The average molecular weight is 534 g/mol. The third-order valence-electron chi connectivity index (χ3n) is 8.47. The van der Waals surface area contributed by atoms with E-state index in [2.05, 4.69) is 4.90 Å². The van der Waals surface area contributed by atoms with Gasteiger partial charge in [0, 0.05) is 37.5 Å². The molecule has 3 saturated heterocycles. The van der Waals surface area contributed by atoms with Crippen LogP contribution in [0.1, 0.15) is 27.2 Å². The fourth-order valence-corrected chi connectivity index (χ4v) is 8.98. The summed E-state index contributed by atoms with van der Waals surface area (Å²) in [5.41, 5.74) is 0. The summed E-state index contributed by atoms with van der Waals surface area (Å²) in [7, 11) is 0. The molecule has 9 nitrogen and oxygen atoms in total. The number of amides is 2. The lowest BCUT2D eigenvalue weighted by Crippen LogP contribution is -2.57. The maximum absolute atomic E-state index is 14.4. The van der Waals surface area contributed by atoms with Crippen molar-refractivity contribution in [2.45, 2.75) is 48.8 Å². The van der Waals surface area contributed by atoms with Gasteiger partial charge in [0.05, 0.1) is 42.4 Å². The summed E-state index contributed by atoms with van der Waals surface area (Å²) in [4.78, 5) is 47.7. The van der Waals surface area contributed by atoms with Gasteiger partial charge in [-0.15, -0.1) is 11.8 Å². The van der Waals surface area contributed by atoms with Gasteiger partial charge in [-0.3, -0.25) is 19.3 Å². The minimum Gasteiger partial charge on any atom is -0.461 e. The van der Waals surface area contributed by atoms with Gasteiger partial charge in [0.15, 0.2) is 0 Å². The molecule has 2 amide bonds. The molecular weight excluding hydrogens is 494 g/mol. The number of aliphatic hydroxyl groups is 1. The number of carbonyl (C=O) groups excluding carboxylic acids is 3. The number of morpholine rings is 1. The van der Waals surface area contributed by atoms with Crippen LogP contribution in [0, 0.1) is 17.8 Å². The van der Waals surface area contributed by atoms with Crippen LogP contribution in [0.15, 0.2) is 24.3 Å². The standard InChI is InChI=1S/C27H39N3O6S/c1-18(2)16-19(17-31)30-22-24(33)29(10-9-28-11-14-35-15-12-28)8-4-7-27(22)20(23(30)32)21-25(34)36-13-5-6-26(21,3)37-27/h4-7,18-22,31H,8-17H2,1-3H3/t19-,20+,21-,22?,26+,27+/m1/s1. The molecule has 0 aromatic carbocycles. The quantitative estimate of drug-likeness (QED) is 0.381. The molecule has 204 valence electrons. The van der Waals surface area contributed by atoms with Gasteiger partial charge in [-0.1, -0.05) is 32.1 Å². The van der Waals surface area contributed by atoms with Gasteiger partial charge in [0.1, 0.15) is 12.6 Å². The van der Waals surface area contributed by atoms with Crippen molar-refractivity contribution in [2.75, 3.05) is 59.2 Å². The number of thioether (sulfide) groups is 1. The second-order valence-electron chi connectivity index (χ2n) is 11.4. The van der Waals surface area contributed by atoms with E-state index in [0.29, 0.717) is 32.7 Å². The number of nitrogens with zero attached hydrogens (tertiary/aromatic N) is 3. The fourth-order valence-electron chi connectivity index (χ4n) is 6.84. The van der Waals surface area contributed by atoms with E-state index in [1.807, 2.05) is 50.0 Å². The van der Waals surface area contributed by atoms with Crippen LogP contribution in [0.3, 0.4) is 0 Å². The zero-order valence-electron chi connectivity index (χ0n) is 22.0. The Hall–Kier alpha value is -1.88. The summed E-state index contributed by atoms with van der Waals surface area (Å²) >= 11 is 1.54. The molecule has 1 N–H and O–H groups in total. The van der Waals surface area contributed by atoms with Crippen LogP contribution in [0.5, 0.6) is 0 Å². The Morgan fingerprint density at radius 1 is 1.08 bits per heavy atom. The summed E-state index contributed by atoms with van der Waals surface area (Å²) in [5, 5.41) is 10.4. The van der Waals surface area contributed by atoms with E-state index in [-0.39, 0.29) is 30.9 Å². The maximum Gasteiger partial charge on any atom is 0.311 e.